The Morgan fingerprint density at radius 3 is 2.43 bits per heavy atom. The molecule has 1 heteroatoms. The third kappa shape index (κ3) is 2.88. The van der Waals surface area contributed by atoms with Crippen molar-refractivity contribution in [3.05, 3.63) is 35.1 Å². The van der Waals surface area contributed by atoms with Gasteiger partial charge in [0, 0.05) is 5.56 Å². The van der Waals surface area contributed by atoms with Gasteiger partial charge in [-0.3, -0.25) is 0 Å². The predicted molar refractivity (Wildman–Crippen MR) is 57.5 cm³/mol. The lowest BCUT2D eigenvalue weighted by Crippen LogP contribution is -2.10. The van der Waals surface area contributed by atoms with Crippen LogP contribution in [-0.4, -0.2) is 0 Å². The first-order valence-corrected chi connectivity index (χ1v) is 4.67. The fourth-order valence-electron chi connectivity index (χ4n) is 1.35. The molecule has 0 N–H and O–H groups in total. The molecule has 0 bridgehead atoms. The third-order valence-electron chi connectivity index (χ3n) is 1.94. The number of halogens is 1. The molecule has 0 spiro atoms. The Labute approximate surface area is 85.2 Å². The third-order valence-corrected chi connectivity index (χ3v) is 1.94. The van der Waals surface area contributed by atoms with Crippen LogP contribution >= 0.6 is 0 Å². The van der Waals surface area contributed by atoms with E-state index in [0.29, 0.717) is 5.56 Å². The van der Waals surface area contributed by atoms with Gasteiger partial charge in [-0.2, -0.15) is 0 Å². The van der Waals surface area contributed by atoms with Crippen molar-refractivity contribution >= 4 is 0 Å². The molecular weight excluding hydrogens is 175 g/mol. The Morgan fingerprint density at radius 2 is 2.00 bits per heavy atom. The summed E-state index contributed by atoms with van der Waals surface area (Å²) in [5, 5.41) is 0. The summed E-state index contributed by atoms with van der Waals surface area (Å²) in [5.41, 5.74) is 1.43. The Morgan fingerprint density at radius 1 is 1.36 bits per heavy atom. The predicted octanol–water partition coefficient (Wildman–Crippen LogP) is 3.40. The van der Waals surface area contributed by atoms with Crippen LogP contribution in [0, 0.1) is 23.6 Å². The van der Waals surface area contributed by atoms with Gasteiger partial charge in [-0.15, -0.1) is 6.42 Å². The van der Waals surface area contributed by atoms with Crippen LogP contribution in [0.5, 0.6) is 0 Å². The first kappa shape index (κ1) is 10.8. The zero-order valence-electron chi connectivity index (χ0n) is 8.89. The second-order valence-corrected chi connectivity index (χ2v) is 4.69. The zero-order chi connectivity index (χ0) is 10.8. The lowest BCUT2D eigenvalue weighted by atomic mass is 9.88. The molecule has 0 fully saturated rings. The Kier molecular flexibility index (Phi) is 2.96. The van der Waals surface area contributed by atoms with Crippen molar-refractivity contribution < 1.29 is 4.39 Å². The Balaban J connectivity index is 2.97. The van der Waals surface area contributed by atoms with Gasteiger partial charge in [0.1, 0.15) is 5.82 Å². The maximum atomic E-state index is 13.5. The van der Waals surface area contributed by atoms with Crippen LogP contribution in [0.25, 0.3) is 0 Å². The van der Waals surface area contributed by atoms with Gasteiger partial charge >= 0.3 is 0 Å². The standard InChI is InChI=1S/C13H15F/c1-5-10-6-7-11(12(14)8-10)9-13(2,3)4/h1,6-8H,9H2,2-4H3. The number of hydrogen-bond donors (Lipinski definition) is 0. The molecule has 0 aliphatic heterocycles. The molecular formula is C13H15F. The van der Waals surface area contributed by atoms with Gasteiger partial charge in [0.25, 0.3) is 0 Å². The van der Waals surface area contributed by atoms with Gasteiger partial charge in [0.05, 0.1) is 0 Å². The molecule has 0 aliphatic rings. The van der Waals surface area contributed by atoms with E-state index in [1.165, 1.54) is 6.07 Å². The molecule has 1 aromatic rings. The van der Waals surface area contributed by atoms with E-state index in [-0.39, 0.29) is 11.2 Å². The summed E-state index contributed by atoms with van der Waals surface area (Å²) in [7, 11) is 0. The first-order valence-electron chi connectivity index (χ1n) is 4.67. The minimum atomic E-state index is -0.199. The lowest BCUT2D eigenvalue weighted by molar-refractivity contribution is 0.402. The van der Waals surface area contributed by atoms with Gasteiger partial charge in [-0.05, 0) is 29.5 Å². The monoisotopic (exact) mass is 190 g/mol. The zero-order valence-corrected chi connectivity index (χ0v) is 8.89. The van der Waals surface area contributed by atoms with Crippen LogP contribution < -0.4 is 0 Å². The molecule has 1 rings (SSSR count). The summed E-state index contributed by atoms with van der Waals surface area (Å²) < 4.78 is 13.5. The number of hydrogen-bond acceptors (Lipinski definition) is 0. The van der Waals surface area contributed by atoms with Gasteiger partial charge in [0.15, 0.2) is 0 Å². The summed E-state index contributed by atoms with van der Waals surface area (Å²) in [6.45, 7) is 6.25. The average Bonchev–Trinajstić information content (AvgIpc) is 2.06. The molecule has 0 aliphatic carbocycles. The Hall–Kier alpha value is -1.29. The first-order chi connectivity index (χ1) is 6.42. The molecule has 0 aromatic heterocycles. The average molecular weight is 190 g/mol. The van der Waals surface area contributed by atoms with Crippen molar-refractivity contribution in [1.29, 1.82) is 0 Å². The minimum absolute atomic E-state index is 0.0957. The second kappa shape index (κ2) is 3.84. The second-order valence-electron chi connectivity index (χ2n) is 4.69. The maximum Gasteiger partial charge on any atom is 0.127 e. The van der Waals surface area contributed by atoms with E-state index in [4.69, 9.17) is 6.42 Å². The molecule has 0 unspecified atom stereocenters. The summed E-state index contributed by atoms with van der Waals surface area (Å²) in [6, 6.07) is 4.97. The highest BCUT2D eigenvalue weighted by atomic mass is 19.1. The van der Waals surface area contributed by atoms with E-state index < -0.39 is 0 Å². The molecule has 1 aromatic carbocycles. The molecule has 0 saturated heterocycles. The maximum absolute atomic E-state index is 13.5. The van der Waals surface area contributed by atoms with Crippen molar-refractivity contribution in [3.8, 4) is 12.3 Å². The van der Waals surface area contributed by atoms with E-state index in [1.807, 2.05) is 0 Å². The van der Waals surface area contributed by atoms with Gasteiger partial charge in [-0.25, -0.2) is 4.39 Å². The van der Waals surface area contributed by atoms with Gasteiger partial charge < -0.3 is 0 Å². The van der Waals surface area contributed by atoms with Crippen LogP contribution in [0.15, 0.2) is 18.2 Å². The van der Waals surface area contributed by atoms with Gasteiger partial charge in [-0.1, -0.05) is 32.8 Å². The molecule has 0 heterocycles. The number of rotatable bonds is 1. The van der Waals surface area contributed by atoms with Crippen LogP contribution in [0.1, 0.15) is 31.9 Å². The Bertz CT molecular complexity index is 364. The highest BCUT2D eigenvalue weighted by Crippen LogP contribution is 2.22. The fourth-order valence-corrected chi connectivity index (χ4v) is 1.35. The smallest absolute Gasteiger partial charge is 0.127 e. The van der Waals surface area contributed by atoms with E-state index >= 15 is 0 Å². The van der Waals surface area contributed by atoms with Crippen molar-refractivity contribution in [2.24, 2.45) is 5.41 Å². The topological polar surface area (TPSA) is 0 Å². The van der Waals surface area contributed by atoms with Crippen LogP contribution in [0.2, 0.25) is 0 Å². The summed E-state index contributed by atoms with van der Waals surface area (Å²) in [5.74, 6) is 2.22. The number of benzene rings is 1. The lowest BCUT2D eigenvalue weighted by Gasteiger charge is -2.18. The molecule has 0 radical (unpaired) electrons. The van der Waals surface area contributed by atoms with Crippen molar-refractivity contribution in [3.63, 3.8) is 0 Å². The van der Waals surface area contributed by atoms with Crippen LogP contribution in [0.4, 0.5) is 4.39 Å². The molecule has 0 amide bonds. The van der Waals surface area contributed by atoms with Crippen LogP contribution in [0.3, 0.4) is 0 Å². The molecule has 0 nitrogen and oxygen atoms in total. The van der Waals surface area contributed by atoms with E-state index in [1.54, 1.807) is 12.1 Å². The summed E-state index contributed by atoms with van der Waals surface area (Å²) in [4.78, 5) is 0. The number of terminal acetylenes is 1. The van der Waals surface area contributed by atoms with E-state index in [9.17, 15) is 4.39 Å². The fraction of sp³-hybridized carbons (Fsp3) is 0.385. The minimum Gasteiger partial charge on any atom is -0.207 e. The van der Waals surface area contributed by atoms with Crippen molar-refractivity contribution in [2.45, 2.75) is 27.2 Å². The van der Waals surface area contributed by atoms with E-state index in [0.717, 1.165) is 12.0 Å². The molecule has 74 valence electrons. The summed E-state index contributed by atoms with van der Waals surface area (Å²) >= 11 is 0. The summed E-state index contributed by atoms with van der Waals surface area (Å²) in [6.07, 6.45) is 5.91. The van der Waals surface area contributed by atoms with Crippen LogP contribution in [-0.2, 0) is 6.42 Å². The van der Waals surface area contributed by atoms with Gasteiger partial charge in [0.2, 0.25) is 0 Å². The SMILES string of the molecule is C#Cc1ccc(CC(C)(C)C)c(F)c1. The van der Waals surface area contributed by atoms with Crippen molar-refractivity contribution in [1.82, 2.24) is 0 Å². The molecule has 0 saturated carbocycles. The molecule has 14 heavy (non-hydrogen) atoms. The highest BCUT2D eigenvalue weighted by molar-refractivity contribution is 5.35. The highest BCUT2D eigenvalue weighted by Gasteiger charge is 2.14. The normalized spacial score (nSPS) is 11.1. The van der Waals surface area contributed by atoms with Crippen molar-refractivity contribution in [2.75, 3.05) is 0 Å². The van der Waals surface area contributed by atoms with E-state index in [2.05, 4.69) is 26.7 Å². The molecule has 0 atom stereocenters. The quantitative estimate of drug-likeness (QED) is 0.595. The largest absolute Gasteiger partial charge is 0.207 e.